The van der Waals surface area contributed by atoms with Crippen LogP contribution in [-0.2, 0) is 20.9 Å². The maximum atomic E-state index is 12.5. The average Bonchev–Trinajstić information content (AvgIpc) is 2.98. The number of fused-ring (bicyclic) bond motifs is 3. The Kier molecular flexibility index (Phi) is 4.61. The van der Waals surface area contributed by atoms with Crippen LogP contribution in [0.5, 0.6) is 5.75 Å². The van der Waals surface area contributed by atoms with Gasteiger partial charge in [0.15, 0.2) is 5.76 Å². The number of rotatable bonds is 5. The number of furan rings is 1. The van der Waals surface area contributed by atoms with E-state index in [1.165, 1.54) is 6.92 Å². The van der Waals surface area contributed by atoms with Crippen molar-refractivity contribution in [2.75, 3.05) is 13.7 Å². The van der Waals surface area contributed by atoms with E-state index in [2.05, 4.69) is 0 Å². The van der Waals surface area contributed by atoms with Gasteiger partial charge in [-0.25, -0.2) is 4.79 Å². The molecule has 3 aromatic rings. The van der Waals surface area contributed by atoms with Gasteiger partial charge in [0.25, 0.3) is 0 Å². The summed E-state index contributed by atoms with van der Waals surface area (Å²) in [5.41, 5.74) is 0.816. The van der Waals surface area contributed by atoms with Crippen LogP contribution in [0.25, 0.3) is 21.7 Å². The molecule has 0 saturated heterocycles. The largest absolute Gasteiger partial charge is 0.497 e. The van der Waals surface area contributed by atoms with Gasteiger partial charge in [0.1, 0.15) is 23.5 Å². The Labute approximate surface area is 144 Å². The van der Waals surface area contributed by atoms with Gasteiger partial charge in [0.2, 0.25) is 0 Å². The fourth-order valence-electron chi connectivity index (χ4n) is 2.77. The molecule has 0 aliphatic rings. The lowest BCUT2D eigenvalue weighted by Gasteiger charge is -2.06. The molecular weight excluding hydrogens is 324 g/mol. The summed E-state index contributed by atoms with van der Waals surface area (Å²) >= 11 is 0. The minimum absolute atomic E-state index is 0.129. The minimum atomic E-state index is -0.508. The minimum Gasteiger partial charge on any atom is -0.497 e. The maximum absolute atomic E-state index is 12.5. The van der Waals surface area contributed by atoms with Crippen molar-refractivity contribution in [1.29, 1.82) is 0 Å². The summed E-state index contributed by atoms with van der Waals surface area (Å²) in [5.74, 6) is 0.0247. The molecule has 0 radical (unpaired) electrons. The first kappa shape index (κ1) is 16.8. The molecule has 0 saturated carbocycles. The van der Waals surface area contributed by atoms with E-state index in [0.29, 0.717) is 16.7 Å². The first-order chi connectivity index (χ1) is 12.0. The van der Waals surface area contributed by atoms with E-state index in [0.717, 1.165) is 10.8 Å². The molecule has 6 heteroatoms. The van der Waals surface area contributed by atoms with E-state index in [1.54, 1.807) is 20.1 Å². The third kappa shape index (κ3) is 3.15. The molecule has 3 rings (SSSR count). The lowest BCUT2D eigenvalue weighted by molar-refractivity contribution is -0.142. The first-order valence-electron chi connectivity index (χ1n) is 7.87. The van der Waals surface area contributed by atoms with Crippen LogP contribution >= 0.6 is 0 Å². The van der Waals surface area contributed by atoms with Crippen molar-refractivity contribution < 1.29 is 28.2 Å². The van der Waals surface area contributed by atoms with Gasteiger partial charge >= 0.3 is 11.9 Å². The van der Waals surface area contributed by atoms with Crippen molar-refractivity contribution in [3.8, 4) is 5.75 Å². The molecule has 0 fully saturated rings. The highest BCUT2D eigenvalue weighted by Crippen LogP contribution is 2.35. The lowest BCUT2D eigenvalue weighted by Crippen LogP contribution is -2.08. The highest BCUT2D eigenvalue weighted by molar-refractivity contribution is 6.16. The highest BCUT2D eigenvalue weighted by atomic mass is 16.5. The van der Waals surface area contributed by atoms with E-state index >= 15 is 0 Å². The monoisotopic (exact) mass is 342 g/mol. The Hall–Kier alpha value is -3.02. The van der Waals surface area contributed by atoms with Crippen LogP contribution in [0.4, 0.5) is 0 Å². The molecule has 1 aromatic heterocycles. The molecule has 0 amide bonds. The lowest BCUT2D eigenvalue weighted by atomic mass is 10.0. The number of esters is 2. The fraction of sp³-hybridized carbons (Fsp3) is 0.263. The zero-order chi connectivity index (χ0) is 18.0. The second-order valence-corrected chi connectivity index (χ2v) is 5.43. The molecule has 0 aliphatic carbocycles. The van der Waals surface area contributed by atoms with Crippen LogP contribution in [0.2, 0.25) is 0 Å². The molecule has 0 bridgehead atoms. The Morgan fingerprint density at radius 2 is 1.92 bits per heavy atom. The zero-order valence-corrected chi connectivity index (χ0v) is 14.3. The van der Waals surface area contributed by atoms with Gasteiger partial charge in [-0.1, -0.05) is 6.07 Å². The predicted molar refractivity (Wildman–Crippen MR) is 91.7 cm³/mol. The van der Waals surface area contributed by atoms with Gasteiger partial charge in [-0.05, 0) is 42.0 Å². The molecule has 0 spiro atoms. The SMILES string of the molecule is CCOC(=O)c1c(COC(C)=O)oc2ccc3cc(OC)ccc3c12. The summed E-state index contributed by atoms with van der Waals surface area (Å²) in [6.45, 7) is 3.14. The Balaban J connectivity index is 2.25. The van der Waals surface area contributed by atoms with Crippen LogP contribution in [0.3, 0.4) is 0 Å². The van der Waals surface area contributed by atoms with E-state index in [9.17, 15) is 9.59 Å². The molecule has 2 aromatic carbocycles. The molecule has 0 atom stereocenters. The summed E-state index contributed by atoms with van der Waals surface area (Å²) < 4.78 is 21.2. The summed E-state index contributed by atoms with van der Waals surface area (Å²) in [6, 6.07) is 9.22. The van der Waals surface area contributed by atoms with Crippen LogP contribution in [-0.4, -0.2) is 25.7 Å². The van der Waals surface area contributed by atoms with Crippen LogP contribution < -0.4 is 4.74 Å². The quantitative estimate of drug-likeness (QED) is 0.656. The normalized spacial score (nSPS) is 10.8. The molecular formula is C19H18O6. The van der Waals surface area contributed by atoms with E-state index in [1.807, 2.05) is 24.3 Å². The number of ether oxygens (including phenoxy) is 3. The summed E-state index contributed by atoms with van der Waals surface area (Å²) in [6.07, 6.45) is 0. The average molecular weight is 342 g/mol. The van der Waals surface area contributed by atoms with Crippen molar-refractivity contribution in [2.24, 2.45) is 0 Å². The topological polar surface area (TPSA) is 75.0 Å². The molecule has 0 aliphatic heterocycles. The number of carbonyl (C=O) groups excluding carboxylic acids is 2. The molecule has 25 heavy (non-hydrogen) atoms. The molecule has 130 valence electrons. The number of carbonyl (C=O) groups is 2. The van der Waals surface area contributed by atoms with Gasteiger partial charge in [0.05, 0.1) is 13.7 Å². The third-order valence-electron chi connectivity index (χ3n) is 3.84. The number of benzene rings is 2. The number of hydrogen-bond donors (Lipinski definition) is 0. The standard InChI is InChI=1S/C19H18O6/c1-4-23-19(21)18-16(10-24-11(2)20)25-15-8-5-12-9-13(22-3)6-7-14(12)17(15)18/h5-9H,4,10H2,1-3H3. The van der Waals surface area contributed by atoms with E-state index < -0.39 is 11.9 Å². The number of hydrogen-bond acceptors (Lipinski definition) is 6. The second kappa shape index (κ2) is 6.84. The van der Waals surface area contributed by atoms with Crippen LogP contribution in [0.1, 0.15) is 30.0 Å². The molecule has 6 nitrogen and oxygen atoms in total. The van der Waals surface area contributed by atoms with Gasteiger partial charge in [-0.2, -0.15) is 0 Å². The zero-order valence-electron chi connectivity index (χ0n) is 14.3. The maximum Gasteiger partial charge on any atom is 0.342 e. The van der Waals surface area contributed by atoms with Crippen molar-refractivity contribution >= 4 is 33.7 Å². The number of methoxy groups -OCH3 is 1. The van der Waals surface area contributed by atoms with Crippen molar-refractivity contribution in [3.05, 3.63) is 41.7 Å². The van der Waals surface area contributed by atoms with Crippen molar-refractivity contribution in [2.45, 2.75) is 20.5 Å². The molecule has 1 heterocycles. The van der Waals surface area contributed by atoms with Crippen molar-refractivity contribution in [3.63, 3.8) is 0 Å². The smallest absolute Gasteiger partial charge is 0.342 e. The van der Waals surface area contributed by atoms with Crippen molar-refractivity contribution in [1.82, 2.24) is 0 Å². The molecule has 0 unspecified atom stereocenters. The van der Waals surface area contributed by atoms with Crippen LogP contribution in [0.15, 0.2) is 34.7 Å². The van der Waals surface area contributed by atoms with Crippen LogP contribution in [0, 0.1) is 0 Å². The summed E-state index contributed by atoms with van der Waals surface area (Å²) in [4.78, 5) is 23.6. The Bertz CT molecular complexity index is 953. The van der Waals surface area contributed by atoms with Gasteiger partial charge in [0, 0.05) is 12.3 Å². The van der Waals surface area contributed by atoms with Gasteiger partial charge in [-0.3, -0.25) is 4.79 Å². The summed E-state index contributed by atoms with van der Waals surface area (Å²) in [7, 11) is 1.60. The first-order valence-corrected chi connectivity index (χ1v) is 7.87. The molecule has 0 N–H and O–H groups in total. The van der Waals surface area contributed by atoms with E-state index in [-0.39, 0.29) is 24.5 Å². The van der Waals surface area contributed by atoms with Gasteiger partial charge < -0.3 is 18.6 Å². The Morgan fingerprint density at radius 1 is 1.12 bits per heavy atom. The predicted octanol–water partition coefficient (Wildman–Crippen LogP) is 3.83. The Morgan fingerprint density at radius 3 is 2.60 bits per heavy atom. The third-order valence-corrected chi connectivity index (χ3v) is 3.84. The fourth-order valence-corrected chi connectivity index (χ4v) is 2.77. The van der Waals surface area contributed by atoms with Gasteiger partial charge in [-0.15, -0.1) is 0 Å². The van der Waals surface area contributed by atoms with E-state index in [4.69, 9.17) is 18.6 Å². The summed E-state index contributed by atoms with van der Waals surface area (Å²) in [5, 5.41) is 2.37. The second-order valence-electron chi connectivity index (χ2n) is 5.43. The highest BCUT2D eigenvalue weighted by Gasteiger charge is 2.24.